The van der Waals surface area contributed by atoms with E-state index in [1.165, 1.54) is 9.80 Å². The minimum Gasteiger partial charge on any atom is -0.383 e. The van der Waals surface area contributed by atoms with Crippen molar-refractivity contribution in [2.75, 3.05) is 26.8 Å². The molecular formula is C10H18N2O3. The third kappa shape index (κ3) is 2.47. The summed E-state index contributed by atoms with van der Waals surface area (Å²) in [6, 6.07) is -0.218. The summed E-state index contributed by atoms with van der Waals surface area (Å²) in [7, 11) is 1.57. The van der Waals surface area contributed by atoms with Crippen LogP contribution < -0.4 is 0 Å². The van der Waals surface area contributed by atoms with Gasteiger partial charge in [-0.05, 0) is 20.8 Å². The zero-order valence-corrected chi connectivity index (χ0v) is 9.74. The van der Waals surface area contributed by atoms with Crippen molar-refractivity contribution in [1.29, 1.82) is 0 Å². The van der Waals surface area contributed by atoms with Crippen molar-refractivity contribution in [3.8, 4) is 0 Å². The zero-order chi connectivity index (χ0) is 11.6. The highest BCUT2D eigenvalue weighted by Gasteiger charge is 2.41. The molecule has 1 saturated heterocycles. The Labute approximate surface area is 90.0 Å². The van der Waals surface area contributed by atoms with E-state index in [0.717, 1.165) is 0 Å². The number of imide groups is 1. The first-order chi connectivity index (χ1) is 6.88. The summed E-state index contributed by atoms with van der Waals surface area (Å²) in [6.07, 6.45) is 0. The molecule has 0 unspecified atom stereocenters. The minimum atomic E-state index is -0.448. The molecule has 0 bridgehead atoms. The molecule has 5 heteroatoms. The third-order valence-electron chi connectivity index (χ3n) is 2.27. The zero-order valence-electron chi connectivity index (χ0n) is 9.74. The average Bonchev–Trinajstić information content (AvgIpc) is 2.36. The van der Waals surface area contributed by atoms with Gasteiger partial charge in [0.25, 0.3) is 5.91 Å². The standard InChI is InChI=1S/C10H18N2O3/c1-10(2,3)12-8(13)7-11(9(12)14)5-6-15-4/h5-7H2,1-4H3. The molecule has 0 saturated carbocycles. The Hall–Kier alpha value is -1.10. The Morgan fingerprint density at radius 1 is 1.33 bits per heavy atom. The number of hydrogen-bond donors (Lipinski definition) is 0. The molecule has 3 amide bonds. The lowest BCUT2D eigenvalue weighted by Crippen LogP contribution is -2.46. The molecule has 86 valence electrons. The van der Waals surface area contributed by atoms with Crippen LogP contribution in [0.25, 0.3) is 0 Å². The van der Waals surface area contributed by atoms with Crippen LogP contribution in [0.2, 0.25) is 0 Å². The number of ether oxygens (including phenoxy) is 1. The number of carbonyl (C=O) groups excluding carboxylic acids is 2. The lowest BCUT2D eigenvalue weighted by atomic mass is 10.1. The van der Waals surface area contributed by atoms with Crippen molar-refractivity contribution in [1.82, 2.24) is 9.80 Å². The monoisotopic (exact) mass is 214 g/mol. The predicted octanol–water partition coefficient (Wildman–Crippen LogP) is 0.695. The molecular weight excluding hydrogens is 196 g/mol. The molecule has 1 aliphatic rings. The fourth-order valence-electron chi connectivity index (χ4n) is 1.59. The summed E-state index contributed by atoms with van der Waals surface area (Å²) in [5.74, 6) is -0.136. The summed E-state index contributed by atoms with van der Waals surface area (Å²) in [5, 5.41) is 0. The molecule has 0 atom stereocenters. The van der Waals surface area contributed by atoms with Gasteiger partial charge in [-0.1, -0.05) is 0 Å². The van der Waals surface area contributed by atoms with Crippen molar-refractivity contribution in [3.05, 3.63) is 0 Å². The Morgan fingerprint density at radius 3 is 2.33 bits per heavy atom. The molecule has 0 aromatic heterocycles. The highest BCUT2D eigenvalue weighted by atomic mass is 16.5. The van der Waals surface area contributed by atoms with E-state index in [-0.39, 0.29) is 18.5 Å². The fraction of sp³-hybridized carbons (Fsp3) is 0.800. The van der Waals surface area contributed by atoms with E-state index in [4.69, 9.17) is 4.74 Å². The highest BCUT2D eigenvalue weighted by molar-refractivity contribution is 6.02. The van der Waals surface area contributed by atoms with Crippen LogP contribution in [0.15, 0.2) is 0 Å². The van der Waals surface area contributed by atoms with E-state index in [1.807, 2.05) is 20.8 Å². The quantitative estimate of drug-likeness (QED) is 0.650. The van der Waals surface area contributed by atoms with Gasteiger partial charge in [0.15, 0.2) is 0 Å². The molecule has 1 fully saturated rings. The predicted molar refractivity (Wildman–Crippen MR) is 55.4 cm³/mol. The molecule has 0 spiro atoms. The Balaban J connectivity index is 2.71. The van der Waals surface area contributed by atoms with Crippen LogP contribution in [0.4, 0.5) is 4.79 Å². The maximum Gasteiger partial charge on any atom is 0.327 e. The summed E-state index contributed by atoms with van der Waals surface area (Å²) in [6.45, 7) is 6.64. The molecule has 1 rings (SSSR count). The second-order valence-corrected chi connectivity index (χ2v) is 4.60. The van der Waals surface area contributed by atoms with Crippen molar-refractivity contribution in [2.24, 2.45) is 0 Å². The van der Waals surface area contributed by atoms with E-state index in [2.05, 4.69) is 0 Å². The van der Waals surface area contributed by atoms with Crippen LogP contribution in [0, 0.1) is 0 Å². The van der Waals surface area contributed by atoms with Gasteiger partial charge >= 0.3 is 6.03 Å². The molecule has 15 heavy (non-hydrogen) atoms. The first-order valence-corrected chi connectivity index (χ1v) is 4.99. The van der Waals surface area contributed by atoms with Crippen LogP contribution >= 0.6 is 0 Å². The number of rotatable bonds is 3. The van der Waals surface area contributed by atoms with Crippen LogP contribution in [-0.2, 0) is 9.53 Å². The lowest BCUT2D eigenvalue weighted by Gasteiger charge is -2.29. The molecule has 1 aliphatic heterocycles. The number of hydrogen-bond acceptors (Lipinski definition) is 3. The van der Waals surface area contributed by atoms with Crippen molar-refractivity contribution < 1.29 is 14.3 Å². The van der Waals surface area contributed by atoms with Crippen molar-refractivity contribution >= 4 is 11.9 Å². The topological polar surface area (TPSA) is 49.9 Å². The largest absolute Gasteiger partial charge is 0.383 e. The average molecular weight is 214 g/mol. The molecule has 5 nitrogen and oxygen atoms in total. The van der Waals surface area contributed by atoms with Gasteiger partial charge in [-0.2, -0.15) is 0 Å². The van der Waals surface area contributed by atoms with Gasteiger partial charge < -0.3 is 9.64 Å². The first kappa shape index (κ1) is 12.0. The second kappa shape index (κ2) is 4.18. The maximum absolute atomic E-state index is 11.8. The van der Waals surface area contributed by atoms with Gasteiger partial charge in [0.2, 0.25) is 0 Å². The van der Waals surface area contributed by atoms with Crippen molar-refractivity contribution in [2.45, 2.75) is 26.3 Å². The van der Waals surface area contributed by atoms with Gasteiger partial charge in [0.1, 0.15) is 6.54 Å². The number of methoxy groups -OCH3 is 1. The van der Waals surface area contributed by atoms with Crippen molar-refractivity contribution in [3.63, 3.8) is 0 Å². The van der Waals surface area contributed by atoms with Gasteiger partial charge in [-0.3, -0.25) is 9.69 Å². The lowest BCUT2D eigenvalue weighted by molar-refractivity contribution is -0.128. The Kier molecular flexibility index (Phi) is 3.34. The molecule has 1 heterocycles. The fourth-order valence-corrected chi connectivity index (χ4v) is 1.59. The third-order valence-corrected chi connectivity index (χ3v) is 2.27. The Bertz CT molecular complexity index is 270. The van der Waals surface area contributed by atoms with Gasteiger partial charge in [0, 0.05) is 19.2 Å². The van der Waals surface area contributed by atoms with E-state index in [1.54, 1.807) is 7.11 Å². The molecule has 0 radical (unpaired) electrons. The normalized spacial score (nSPS) is 17.9. The molecule has 0 aliphatic carbocycles. The summed E-state index contributed by atoms with van der Waals surface area (Å²) in [5.41, 5.74) is -0.448. The SMILES string of the molecule is COCCN1CC(=O)N(C(C)(C)C)C1=O. The van der Waals surface area contributed by atoms with Gasteiger partial charge in [0.05, 0.1) is 6.61 Å². The second-order valence-electron chi connectivity index (χ2n) is 4.60. The van der Waals surface area contributed by atoms with E-state index < -0.39 is 5.54 Å². The summed E-state index contributed by atoms with van der Waals surface area (Å²) < 4.78 is 4.88. The van der Waals surface area contributed by atoms with E-state index in [0.29, 0.717) is 13.2 Å². The molecule has 0 aromatic carbocycles. The smallest absolute Gasteiger partial charge is 0.327 e. The number of urea groups is 1. The maximum atomic E-state index is 11.8. The number of nitrogens with zero attached hydrogens (tertiary/aromatic N) is 2. The number of amides is 3. The van der Waals surface area contributed by atoms with E-state index in [9.17, 15) is 9.59 Å². The van der Waals surface area contributed by atoms with Crippen LogP contribution in [0.5, 0.6) is 0 Å². The Morgan fingerprint density at radius 2 is 1.93 bits per heavy atom. The van der Waals surface area contributed by atoms with Crippen LogP contribution in [0.3, 0.4) is 0 Å². The summed E-state index contributed by atoms with van der Waals surface area (Å²) >= 11 is 0. The number of carbonyl (C=O) groups is 2. The van der Waals surface area contributed by atoms with Gasteiger partial charge in [-0.25, -0.2) is 4.79 Å². The first-order valence-electron chi connectivity index (χ1n) is 4.99. The van der Waals surface area contributed by atoms with E-state index >= 15 is 0 Å². The molecule has 0 N–H and O–H groups in total. The molecule has 0 aromatic rings. The van der Waals surface area contributed by atoms with Gasteiger partial charge in [-0.15, -0.1) is 0 Å². The summed E-state index contributed by atoms with van der Waals surface area (Å²) in [4.78, 5) is 26.3. The highest BCUT2D eigenvalue weighted by Crippen LogP contribution is 2.21. The minimum absolute atomic E-state index is 0.136. The van der Waals surface area contributed by atoms with Crippen LogP contribution in [0.1, 0.15) is 20.8 Å². The van der Waals surface area contributed by atoms with Crippen LogP contribution in [-0.4, -0.2) is 54.1 Å².